The van der Waals surface area contributed by atoms with Gasteiger partial charge in [-0.15, -0.1) is 0 Å². The zero-order valence-electron chi connectivity index (χ0n) is 9.44. The van der Waals surface area contributed by atoms with Crippen molar-refractivity contribution in [2.75, 3.05) is 0 Å². The van der Waals surface area contributed by atoms with Crippen LogP contribution in [0.3, 0.4) is 0 Å². The second kappa shape index (κ2) is 4.44. The third-order valence-corrected chi connectivity index (χ3v) is 2.50. The monoisotopic (exact) mass is 248 g/mol. The Morgan fingerprint density at radius 2 is 1.94 bits per heavy atom. The van der Waals surface area contributed by atoms with Gasteiger partial charge in [-0.1, -0.05) is 0 Å². The standard InChI is InChI=1S/C13H9FO4/c1-7(15)11-6-8(14)2-3-9(11)12-10(13(16)17)4-5-18-12/h2-6H,1H3,(H,16,17). The molecule has 0 saturated carbocycles. The number of Topliss-reactive ketones (excluding diaryl/α,β-unsaturated/α-hetero) is 1. The maximum absolute atomic E-state index is 13.1. The molecular weight excluding hydrogens is 239 g/mol. The number of ketones is 1. The Morgan fingerprint density at radius 3 is 2.56 bits per heavy atom. The maximum atomic E-state index is 13.1. The van der Waals surface area contributed by atoms with Gasteiger partial charge >= 0.3 is 5.97 Å². The Morgan fingerprint density at radius 1 is 1.22 bits per heavy atom. The van der Waals surface area contributed by atoms with Gasteiger partial charge in [-0.25, -0.2) is 9.18 Å². The van der Waals surface area contributed by atoms with E-state index in [1.807, 2.05) is 0 Å². The van der Waals surface area contributed by atoms with E-state index in [1.54, 1.807) is 0 Å². The molecule has 0 aliphatic rings. The Hall–Kier alpha value is -2.43. The Balaban J connectivity index is 2.67. The summed E-state index contributed by atoms with van der Waals surface area (Å²) in [5.41, 5.74) is 0.294. The summed E-state index contributed by atoms with van der Waals surface area (Å²) in [6.45, 7) is 1.28. The predicted molar refractivity (Wildman–Crippen MR) is 61.1 cm³/mol. The lowest BCUT2D eigenvalue weighted by Crippen LogP contribution is -2.01. The van der Waals surface area contributed by atoms with Crippen molar-refractivity contribution >= 4 is 11.8 Å². The number of hydrogen-bond acceptors (Lipinski definition) is 3. The molecule has 4 nitrogen and oxygen atoms in total. The van der Waals surface area contributed by atoms with Gasteiger partial charge in [0.1, 0.15) is 17.1 Å². The van der Waals surface area contributed by atoms with Crippen LogP contribution in [-0.2, 0) is 0 Å². The highest BCUT2D eigenvalue weighted by Gasteiger charge is 2.19. The van der Waals surface area contributed by atoms with Crippen LogP contribution in [0.2, 0.25) is 0 Å². The maximum Gasteiger partial charge on any atom is 0.339 e. The molecule has 0 saturated heterocycles. The van der Waals surface area contributed by atoms with E-state index in [0.29, 0.717) is 0 Å². The first-order valence-electron chi connectivity index (χ1n) is 5.12. The number of carboxylic acid groups (broad SMARTS) is 1. The smallest absolute Gasteiger partial charge is 0.339 e. The lowest BCUT2D eigenvalue weighted by Gasteiger charge is -2.05. The molecule has 2 rings (SSSR count). The van der Waals surface area contributed by atoms with Gasteiger partial charge in [-0.3, -0.25) is 4.79 Å². The molecule has 0 fully saturated rings. The van der Waals surface area contributed by atoms with Crippen LogP contribution in [0.4, 0.5) is 4.39 Å². The van der Waals surface area contributed by atoms with Gasteiger partial charge in [0.25, 0.3) is 0 Å². The van der Waals surface area contributed by atoms with Gasteiger partial charge in [0, 0.05) is 11.1 Å². The van der Waals surface area contributed by atoms with Crippen molar-refractivity contribution < 1.29 is 23.5 Å². The second-order valence-corrected chi connectivity index (χ2v) is 3.71. The fourth-order valence-corrected chi connectivity index (χ4v) is 1.69. The molecule has 1 aromatic heterocycles. The summed E-state index contributed by atoms with van der Waals surface area (Å²) in [7, 11) is 0. The van der Waals surface area contributed by atoms with Crippen molar-refractivity contribution in [2.24, 2.45) is 0 Å². The Bertz CT molecular complexity index is 628. The van der Waals surface area contributed by atoms with Crippen LogP contribution in [-0.4, -0.2) is 16.9 Å². The molecule has 1 heterocycles. The lowest BCUT2D eigenvalue weighted by molar-refractivity contribution is 0.0697. The van der Waals surface area contributed by atoms with Gasteiger partial charge in [-0.2, -0.15) is 0 Å². The fraction of sp³-hybridized carbons (Fsp3) is 0.0769. The number of halogens is 1. The molecule has 0 bridgehead atoms. The van der Waals surface area contributed by atoms with Crippen molar-refractivity contribution in [3.63, 3.8) is 0 Å². The SMILES string of the molecule is CC(=O)c1cc(F)ccc1-c1occc1C(=O)O. The van der Waals surface area contributed by atoms with Crippen LogP contribution in [0.5, 0.6) is 0 Å². The molecule has 18 heavy (non-hydrogen) atoms. The minimum atomic E-state index is -1.17. The Labute approximate surface area is 102 Å². The predicted octanol–water partition coefficient (Wildman–Crippen LogP) is 2.99. The van der Waals surface area contributed by atoms with Crippen LogP contribution in [0, 0.1) is 5.82 Å². The average Bonchev–Trinajstić information content (AvgIpc) is 2.77. The highest BCUT2D eigenvalue weighted by molar-refractivity contribution is 6.03. The highest BCUT2D eigenvalue weighted by atomic mass is 19.1. The number of benzene rings is 1. The first kappa shape index (κ1) is 12.0. The third-order valence-electron chi connectivity index (χ3n) is 2.50. The largest absolute Gasteiger partial charge is 0.478 e. The van der Waals surface area contributed by atoms with Crippen LogP contribution >= 0.6 is 0 Å². The Kier molecular flexibility index (Phi) is 2.97. The molecule has 0 radical (unpaired) electrons. The molecular formula is C13H9FO4. The minimum absolute atomic E-state index is 0.0488. The highest BCUT2D eigenvalue weighted by Crippen LogP contribution is 2.29. The number of hydrogen-bond donors (Lipinski definition) is 1. The van der Waals surface area contributed by atoms with E-state index in [2.05, 4.69) is 0 Å². The van der Waals surface area contributed by atoms with Crippen molar-refractivity contribution in [1.82, 2.24) is 0 Å². The zero-order valence-corrected chi connectivity index (χ0v) is 9.44. The number of rotatable bonds is 3. The van der Waals surface area contributed by atoms with Gasteiger partial charge in [0.15, 0.2) is 5.78 Å². The summed E-state index contributed by atoms with van der Waals surface area (Å²) in [6, 6.07) is 4.82. The van der Waals surface area contributed by atoms with Crippen LogP contribution in [0.25, 0.3) is 11.3 Å². The van der Waals surface area contributed by atoms with Gasteiger partial charge in [0.2, 0.25) is 0 Å². The first-order valence-corrected chi connectivity index (χ1v) is 5.12. The molecule has 5 heteroatoms. The summed E-state index contributed by atoms with van der Waals surface area (Å²) in [5.74, 6) is -2.05. The number of carbonyl (C=O) groups excluding carboxylic acids is 1. The molecule has 0 atom stereocenters. The lowest BCUT2D eigenvalue weighted by atomic mass is 10.00. The molecule has 92 valence electrons. The molecule has 2 aromatic rings. The summed E-state index contributed by atoms with van der Waals surface area (Å²) >= 11 is 0. The van der Waals surface area contributed by atoms with Gasteiger partial charge in [0.05, 0.1) is 6.26 Å². The summed E-state index contributed by atoms with van der Waals surface area (Å²) < 4.78 is 18.2. The average molecular weight is 248 g/mol. The molecule has 0 unspecified atom stereocenters. The van der Waals surface area contributed by atoms with E-state index in [4.69, 9.17) is 9.52 Å². The number of carbonyl (C=O) groups is 2. The van der Waals surface area contributed by atoms with Crippen molar-refractivity contribution in [3.05, 3.63) is 47.5 Å². The first-order chi connectivity index (χ1) is 8.50. The fourth-order valence-electron chi connectivity index (χ4n) is 1.69. The van der Waals surface area contributed by atoms with E-state index >= 15 is 0 Å². The second-order valence-electron chi connectivity index (χ2n) is 3.71. The molecule has 0 spiro atoms. The summed E-state index contributed by atoms with van der Waals surface area (Å²) in [4.78, 5) is 22.4. The van der Waals surface area contributed by atoms with Crippen LogP contribution in [0.1, 0.15) is 27.6 Å². The van der Waals surface area contributed by atoms with E-state index in [0.717, 1.165) is 12.1 Å². The van der Waals surface area contributed by atoms with Crippen molar-refractivity contribution in [2.45, 2.75) is 6.92 Å². The van der Waals surface area contributed by atoms with Crippen LogP contribution in [0.15, 0.2) is 34.9 Å². The van der Waals surface area contributed by atoms with E-state index in [1.165, 1.54) is 25.3 Å². The topological polar surface area (TPSA) is 67.5 Å². The van der Waals surface area contributed by atoms with Gasteiger partial charge in [-0.05, 0) is 31.2 Å². The summed E-state index contributed by atoms with van der Waals surface area (Å²) in [6.07, 6.45) is 1.21. The normalized spacial score (nSPS) is 10.3. The quantitative estimate of drug-likeness (QED) is 0.848. The van der Waals surface area contributed by atoms with Gasteiger partial charge < -0.3 is 9.52 Å². The van der Waals surface area contributed by atoms with E-state index in [-0.39, 0.29) is 28.2 Å². The van der Waals surface area contributed by atoms with Crippen molar-refractivity contribution in [3.8, 4) is 11.3 Å². The van der Waals surface area contributed by atoms with E-state index < -0.39 is 11.8 Å². The van der Waals surface area contributed by atoms with E-state index in [9.17, 15) is 14.0 Å². The molecule has 1 N–H and O–H groups in total. The molecule has 1 aromatic carbocycles. The molecule has 0 aliphatic heterocycles. The molecule has 0 amide bonds. The number of furan rings is 1. The summed E-state index contributed by atoms with van der Waals surface area (Å²) in [5, 5.41) is 8.98. The third kappa shape index (κ3) is 2.02. The molecule has 0 aliphatic carbocycles. The van der Waals surface area contributed by atoms with Crippen LogP contribution < -0.4 is 0 Å². The van der Waals surface area contributed by atoms with Crippen molar-refractivity contribution in [1.29, 1.82) is 0 Å². The minimum Gasteiger partial charge on any atom is -0.478 e. The number of carboxylic acids is 1. The number of aromatic carboxylic acids is 1. The zero-order chi connectivity index (χ0) is 13.3.